The molecule has 2 aliphatic rings. The van der Waals surface area contributed by atoms with E-state index in [1.54, 1.807) is 25.4 Å². The van der Waals surface area contributed by atoms with Crippen LogP contribution in [0.15, 0.2) is 30.6 Å². The molecule has 1 aliphatic carbocycles. The number of hydrogen-bond donors (Lipinski definition) is 1. The lowest BCUT2D eigenvalue weighted by atomic mass is 9.80. The predicted molar refractivity (Wildman–Crippen MR) is 100 cm³/mol. The molecule has 1 fully saturated rings. The van der Waals surface area contributed by atoms with E-state index in [2.05, 4.69) is 22.2 Å². The van der Waals surface area contributed by atoms with E-state index in [9.17, 15) is 9.18 Å². The molecule has 142 valence electrons. The van der Waals surface area contributed by atoms with Gasteiger partial charge in [0.15, 0.2) is 5.82 Å². The molecule has 0 saturated heterocycles. The molecule has 27 heavy (non-hydrogen) atoms. The first-order valence-corrected chi connectivity index (χ1v) is 9.22. The second-order valence-corrected chi connectivity index (χ2v) is 7.32. The highest BCUT2D eigenvalue weighted by atomic mass is 19.1. The van der Waals surface area contributed by atoms with Gasteiger partial charge in [-0.1, -0.05) is 6.92 Å². The van der Waals surface area contributed by atoms with Gasteiger partial charge < -0.3 is 15.0 Å². The van der Waals surface area contributed by atoms with E-state index in [1.807, 2.05) is 4.90 Å². The molecule has 1 aliphatic heterocycles. The molecule has 0 radical (unpaired) electrons. The summed E-state index contributed by atoms with van der Waals surface area (Å²) < 4.78 is 19.4. The van der Waals surface area contributed by atoms with Crippen molar-refractivity contribution in [2.75, 3.05) is 17.3 Å². The number of carbonyl (C=O) groups is 1. The number of rotatable bonds is 4. The molecule has 4 rings (SSSR count). The number of methoxy groups -OCH3 is 1. The first kappa shape index (κ1) is 17.7. The molecule has 7 heteroatoms. The maximum Gasteiger partial charge on any atom is 0.257 e. The standard InChI is InChI=1S/C20H23FN4O2/c1-11-17(24-19-20(27-3)23-9-8-22-19)15-10-14(21)6-7-16(15)25(12(2)26)18(11)13-4-5-13/h6-11,13,17-18H,4-5H2,1-3H3,(H,22,24)/t11-,17-,18-/m1/s1. The van der Waals surface area contributed by atoms with Crippen LogP contribution in [0.3, 0.4) is 0 Å². The number of aromatic nitrogens is 2. The van der Waals surface area contributed by atoms with Gasteiger partial charge in [0.25, 0.3) is 5.88 Å². The minimum absolute atomic E-state index is 0.0119. The van der Waals surface area contributed by atoms with Crippen LogP contribution in [-0.2, 0) is 4.79 Å². The number of halogens is 1. The lowest BCUT2D eigenvalue weighted by molar-refractivity contribution is -0.117. The Balaban J connectivity index is 1.81. The normalized spacial score (nSPS) is 24.3. The molecule has 1 aromatic heterocycles. The topological polar surface area (TPSA) is 67.4 Å². The van der Waals surface area contributed by atoms with Crippen LogP contribution in [0.25, 0.3) is 0 Å². The van der Waals surface area contributed by atoms with Crippen molar-refractivity contribution >= 4 is 17.4 Å². The van der Waals surface area contributed by atoms with Gasteiger partial charge in [-0.2, -0.15) is 0 Å². The summed E-state index contributed by atoms with van der Waals surface area (Å²) in [4.78, 5) is 22.8. The highest BCUT2D eigenvalue weighted by Gasteiger charge is 2.47. The van der Waals surface area contributed by atoms with Gasteiger partial charge in [-0.3, -0.25) is 4.79 Å². The second-order valence-electron chi connectivity index (χ2n) is 7.32. The fourth-order valence-corrected chi connectivity index (χ4v) is 4.26. The fraction of sp³-hybridized carbons (Fsp3) is 0.450. The number of amides is 1. The Morgan fingerprint density at radius 1 is 1.30 bits per heavy atom. The number of benzene rings is 1. The lowest BCUT2D eigenvalue weighted by Gasteiger charge is -2.45. The van der Waals surface area contributed by atoms with Gasteiger partial charge >= 0.3 is 0 Å². The molecular formula is C20H23FN4O2. The first-order chi connectivity index (χ1) is 13.0. The summed E-state index contributed by atoms with van der Waals surface area (Å²) >= 11 is 0. The molecule has 0 bridgehead atoms. The third-order valence-electron chi connectivity index (χ3n) is 5.54. The van der Waals surface area contributed by atoms with Crippen LogP contribution in [0.5, 0.6) is 5.88 Å². The summed E-state index contributed by atoms with van der Waals surface area (Å²) in [5, 5.41) is 3.40. The maximum absolute atomic E-state index is 14.1. The molecule has 1 N–H and O–H groups in total. The molecule has 2 heterocycles. The van der Waals surface area contributed by atoms with Crippen LogP contribution < -0.4 is 15.0 Å². The van der Waals surface area contributed by atoms with Crippen molar-refractivity contribution in [1.82, 2.24) is 9.97 Å². The Labute approximate surface area is 157 Å². The smallest absolute Gasteiger partial charge is 0.257 e. The van der Waals surface area contributed by atoms with Gasteiger partial charge in [0.2, 0.25) is 5.91 Å². The van der Waals surface area contributed by atoms with Crippen molar-refractivity contribution in [2.24, 2.45) is 11.8 Å². The Kier molecular flexibility index (Phi) is 4.45. The Hall–Kier alpha value is -2.70. The average Bonchev–Trinajstić information content (AvgIpc) is 3.48. The maximum atomic E-state index is 14.1. The number of carbonyl (C=O) groups excluding carboxylic acids is 1. The third kappa shape index (κ3) is 3.11. The van der Waals surface area contributed by atoms with Crippen molar-refractivity contribution in [3.8, 4) is 5.88 Å². The molecule has 0 spiro atoms. The zero-order valence-corrected chi connectivity index (χ0v) is 15.6. The highest BCUT2D eigenvalue weighted by Crippen LogP contribution is 2.50. The van der Waals surface area contributed by atoms with Crippen molar-refractivity contribution < 1.29 is 13.9 Å². The Morgan fingerprint density at radius 3 is 2.70 bits per heavy atom. The number of anilines is 2. The van der Waals surface area contributed by atoms with E-state index in [4.69, 9.17) is 4.74 Å². The van der Waals surface area contributed by atoms with E-state index in [-0.39, 0.29) is 29.7 Å². The van der Waals surface area contributed by atoms with E-state index in [0.29, 0.717) is 17.6 Å². The SMILES string of the molecule is COc1nccnc1N[C@H]1c2cc(F)ccc2N(C(C)=O)[C@@H](C2CC2)[C@@H]1C. The highest BCUT2D eigenvalue weighted by molar-refractivity contribution is 5.94. The zero-order valence-electron chi connectivity index (χ0n) is 15.6. The molecule has 3 atom stereocenters. The number of hydrogen-bond acceptors (Lipinski definition) is 5. The van der Waals surface area contributed by atoms with Crippen LogP contribution in [-0.4, -0.2) is 29.0 Å². The molecule has 1 amide bonds. The van der Waals surface area contributed by atoms with Gasteiger partial charge in [-0.15, -0.1) is 0 Å². The minimum Gasteiger partial charge on any atom is -0.478 e. The van der Waals surface area contributed by atoms with Crippen LogP contribution in [0.1, 0.15) is 38.3 Å². The van der Waals surface area contributed by atoms with Gasteiger partial charge in [0, 0.05) is 42.5 Å². The van der Waals surface area contributed by atoms with Crippen molar-refractivity contribution in [3.05, 3.63) is 42.0 Å². The van der Waals surface area contributed by atoms with E-state index >= 15 is 0 Å². The summed E-state index contributed by atoms with van der Waals surface area (Å²) in [5.74, 6) is 1.10. The molecule has 6 nitrogen and oxygen atoms in total. The predicted octanol–water partition coefficient (Wildman–Crippen LogP) is 3.56. The van der Waals surface area contributed by atoms with Gasteiger partial charge in [-0.05, 0) is 37.0 Å². The fourth-order valence-electron chi connectivity index (χ4n) is 4.26. The van der Waals surface area contributed by atoms with Crippen molar-refractivity contribution in [1.29, 1.82) is 0 Å². The van der Waals surface area contributed by atoms with E-state index < -0.39 is 0 Å². The zero-order chi connectivity index (χ0) is 19.1. The number of ether oxygens (including phenoxy) is 1. The van der Waals surface area contributed by atoms with Crippen LogP contribution >= 0.6 is 0 Å². The summed E-state index contributed by atoms with van der Waals surface area (Å²) in [5.41, 5.74) is 1.52. The monoisotopic (exact) mass is 370 g/mol. The van der Waals surface area contributed by atoms with Crippen LogP contribution in [0, 0.1) is 17.7 Å². The third-order valence-corrected chi connectivity index (χ3v) is 5.54. The molecule has 1 aromatic carbocycles. The Morgan fingerprint density at radius 2 is 2.04 bits per heavy atom. The number of fused-ring (bicyclic) bond motifs is 1. The van der Waals surface area contributed by atoms with Crippen LogP contribution in [0.4, 0.5) is 15.9 Å². The quantitative estimate of drug-likeness (QED) is 0.891. The van der Waals surface area contributed by atoms with Crippen molar-refractivity contribution in [2.45, 2.75) is 38.8 Å². The summed E-state index contributed by atoms with van der Waals surface area (Å²) in [6, 6.07) is 4.49. The minimum atomic E-state index is -0.327. The molecule has 1 saturated carbocycles. The average molecular weight is 370 g/mol. The van der Waals surface area contributed by atoms with Gasteiger partial charge in [0.05, 0.1) is 13.2 Å². The number of nitrogens with one attached hydrogen (secondary N) is 1. The lowest BCUT2D eigenvalue weighted by Crippen LogP contribution is -2.51. The van der Waals surface area contributed by atoms with E-state index in [1.165, 1.54) is 19.2 Å². The van der Waals surface area contributed by atoms with Gasteiger partial charge in [0.1, 0.15) is 5.82 Å². The molecule has 0 unspecified atom stereocenters. The largest absolute Gasteiger partial charge is 0.478 e. The molecule has 2 aromatic rings. The van der Waals surface area contributed by atoms with Gasteiger partial charge in [-0.25, -0.2) is 14.4 Å². The molecular weight excluding hydrogens is 347 g/mol. The summed E-state index contributed by atoms with van der Waals surface area (Å²) in [6.45, 7) is 3.68. The number of nitrogens with zero attached hydrogens (tertiary/aromatic N) is 3. The summed E-state index contributed by atoms with van der Waals surface area (Å²) in [6.07, 6.45) is 5.37. The Bertz CT molecular complexity index is 871. The second kappa shape index (κ2) is 6.79. The van der Waals surface area contributed by atoms with Crippen molar-refractivity contribution in [3.63, 3.8) is 0 Å². The summed E-state index contributed by atoms with van der Waals surface area (Å²) in [7, 11) is 1.54. The van der Waals surface area contributed by atoms with E-state index in [0.717, 1.165) is 24.1 Å². The first-order valence-electron chi connectivity index (χ1n) is 9.22. The van der Waals surface area contributed by atoms with Crippen LogP contribution in [0.2, 0.25) is 0 Å².